The van der Waals surface area contributed by atoms with Crippen LogP contribution in [0.5, 0.6) is 5.75 Å². The van der Waals surface area contributed by atoms with Gasteiger partial charge in [0, 0.05) is 17.8 Å². The highest BCUT2D eigenvalue weighted by atomic mass is 16.5. The van der Waals surface area contributed by atoms with Crippen LogP contribution in [0, 0.1) is 0 Å². The third-order valence-corrected chi connectivity index (χ3v) is 3.02. The molecule has 6 nitrogen and oxygen atoms in total. The maximum Gasteiger partial charge on any atom is 0.342 e. The predicted octanol–water partition coefficient (Wildman–Crippen LogP) is 1.10. The van der Waals surface area contributed by atoms with Gasteiger partial charge in [-0.1, -0.05) is 0 Å². The molecule has 0 heterocycles. The van der Waals surface area contributed by atoms with Crippen molar-refractivity contribution in [1.29, 1.82) is 0 Å². The summed E-state index contributed by atoms with van der Waals surface area (Å²) in [6, 6.07) is 4.86. The number of carbonyl (C=O) groups excluding carboxylic acids is 2. The summed E-state index contributed by atoms with van der Waals surface area (Å²) < 4.78 is 10.2. The van der Waals surface area contributed by atoms with E-state index in [1.807, 2.05) is 0 Å². The molecule has 1 aromatic carbocycles. The fourth-order valence-corrected chi connectivity index (χ4v) is 1.70. The second-order valence-electron chi connectivity index (χ2n) is 4.79. The second kappa shape index (κ2) is 5.81. The molecular weight excluding hydrogens is 260 g/mol. The molecule has 0 bridgehead atoms. The average molecular weight is 278 g/mol. The number of nitrogen functional groups attached to an aromatic ring is 1. The van der Waals surface area contributed by atoms with E-state index in [0.29, 0.717) is 11.4 Å². The third kappa shape index (κ3) is 3.40. The highest BCUT2D eigenvalue weighted by Crippen LogP contribution is 2.23. The van der Waals surface area contributed by atoms with Crippen LogP contribution in [0.4, 0.5) is 5.69 Å². The minimum atomic E-state index is -0.842. The van der Waals surface area contributed by atoms with E-state index in [0.717, 1.165) is 12.8 Å². The van der Waals surface area contributed by atoms with Crippen LogP contribution < -0.4 is 15.8 Å². The first-order valence-electron chi connectivity index (χ1n) is 6.46. The Morgan fingerprint density at radius 3 is 2.70 bits per heavy atom. The molecule has 3 N–H and O–H groups in total. The van der Waals surface area contributed by atoms with E-state index >= 15 is 0 Å². The van der Waals surface area contributed by atoms with Gasteiger partial charge in [-0.3, -0.25) is 4.79 Å². The monoisotopic (exact) mass is 278 g/mol. The maximum atomic E-state index is 12.0. The van der Waals surface area contributed by atoms with Gasteiger partial charge in [-0.25, -0.2) is 4.79 Å². The Kier molecular flexibility index (Phi) is 4.12. The van der Waals surface area contributed by atoms with E-state index < -0.39 is 12.1 Å². The van der Waals surface area contributed by atoms with Crippen molar-refractivity contribution in [2.45, 2.75) is 31.9 Å². The lowest BCUT2D eigenvalue weighted by Gasteiger charge is -2.14. The number of carbonyl (C=O) groups is 2. The van der Waals surface area contributed by atoms with Crippen LogP contribution in [0.15, 0.2) is 18.2 Å². The molecule has 1 fully saturated rings. The summed E-state index contributed by atoms with van der Waals surface area (Å²) in [5, 5.41) is 2.78. The molecule has 1 unspecified atom stereocenters. The fraction of sp³-hybridized carbons (Fsp3) is 0.429. The minimum absolute atomic E-state index is 0.231. The molecule has 0 spiro atoms. The first-order valence-corrected chi connectivity index (χ1v) is 6.46. The highest BCUT2D eigenvalue weighted by Gasteiger charge is 2.27. The van der Waals surface area contributed by atoms with Gasteiger partial charge >= 0.3 is 5.97 Å². The van der Waals surface area contributed by atoms with Gasteiger partial charge in [0.15, 0.2) is 6.10 Å². The van der Waals surface area contributed by atoms with Gasteiger partial charge in [0.2, 0.25) is 0 Å². The van der Waals surface area contributed by atoms with Crippen molar-refractivity contribution in [2.24, 2.45) is 0 Å². The van der Waals surface area contributed by atoms with Crippen molar-refractivity contribution < 1.29 is 19.1 Å². The lowest BCUT2D eigenvalue weighted by Crippen LogP contribution is -2.37. The number of hydrogen-bond acceptors (Lipinski definition) is 5. The average Bonchev–Trinajstić information content (AvgIpc) is 3.22. The number of hydrogen-bond donors (Lipinski definition) is 2. The molecule has 0 saturated heterocycles. The largest absolute Gasteiger partial charge is 0.496 e. The lowest BCUT2D eigenvalue weighted by molar-refractivity contribution is -0.129. The van der Waals surface area contributed by atoms with Crippen LogP contribution in [0.25, 0.3) is 0 Å². The third-order valence-electron chi connectivity index (χ3n) is 3.02. The number of benzene rings is 1. The zero-order valence-electron chi connectivity index (χ0n) is 11.5. The van der Waals surface area contributed by atoms with E-state index in [2.05, 4.69) is 5.32 Å². The van der Waals surface area contributed by atoms with Crippen LogP contribution in [0.2, 0.25) is 0 Å². The fourth-order valence-electron chi connectivity index (χ4n) is 1.70. The van der Waals surface area contributed by atoms with Crippen LogP contribution in [0.1, 0.15) is 30.1 Å². The number of amides is 1. The number of esters is 1. The normalized spacial score (nSPS) is 15.3. The Bertz CT molecular complexity index is 526. The molecule has 1 atom stereocenters. The Morgan fingerprint density at radius 1 is 1.40 bits per heavy atom. The van der Waals surface area contributed by atoms with Gasteiger partial charge in [0.05, 0.1) is 7.11 Å². The summed E-state index contributed by atoms with van der Waals surface area (Å²) >= 11 is 0. The summed E-state index contributed by atoms with van der Waals surface area (Å²) in [4.78, 5) is 23.8. The van der Waals surface area contributed by atoms with Gasteiger partial charge in [-0.05, 0) is 31.9 Å². The number of methoxy groups -OCH3 is 1. The van der Waals surface area contributed by atoms with Crippen molar-refractivity contribution in [2.75, 3.05) is 12.8 Å². The molecule has 0 aliphatic heterocycles. The van der Waals surface area contributed by atoms with Crippen molar-refractivity contribution >= 4 is 17.6 Å². The molecule has 1 saturated carbocycles. The Hall–Kier alpha value is -2.24. The van der Waals surface area contributed by atoms with Gasteiger partial charge < -0.3 is 20.5 Å². The summed E-state index contributed by atoms with van der Waals surface area (Å²) in [6.07, 6.45) is 1.13. The molecule has 20 heavy (non-hydrogen) atoms. The molecule has 1 aliphatic carbocycles. The Labute approximate surface area is 117 Å². The Morgan fingerprint density at radius 2 is 2.10 bits per heavy atom. The molecule has 1 amide bonds. The topological polar surface area (TPSA) is 90.7 Å². The van der Waals surface area contributed by atoms with Gasteiger partial charge in [-0.15, -0.1) is 0 Å². The van der Waals surface area contributed by atoms with Crippen molar-refractivity contribution in [3.05, 3.63) is 23.8 Å². The molecule has 1 aliphatic rings. The predicted molar refractivity (Wildman–Crippen MR) is 73.4 cm³/mol. The number of nitrogens with two attached hydrogens (primary N) is 1. The van der Waals surface area contributed by atoms with E-state index in [-0.39, 0.29) is 17.5 Å². The minimum Gasteiger partial charge on any atom is -0.496 e. The highest BCUT2D eigenvalue weighted by molar-refractivity contribution is 5.95. The summed E-state index contributed by atoms with van der Waals surface area (Å²) in [7, 11) is 1.44. The second-order valence-corrected chi connectivity index (χ2v) is 4.79. The molecule has 1 aromatic rings. The van der Waals surface area contributed by atoms with Crippen molar-refractivity contribution in [1.82, 2.24) is 5.32 Å². The lowest BCUT2D eigenvalue weighted by atomic mass is 10.2. The van der Waals surface area contributed by atoms with Crippen molar-refractivity contribution in [3.63, 3.8) is 0 Å². The van der Waals surface area contributed by atoms with E-state index in [4.69, 9.17) is 15.2 Å². The number of ether oxygens (including phenoxy) is 2. The van der Waals surface area contributed by atoms with Crippen LogP contribution in [-0.2, 0) is 9.53 Å². The number of nitrogens with one attached hydrogen (secondary N) is 1. The van der Waals surface area contributed by atoms with Crippen molar-refractivity contribution in [3.8, 4) is 5.75 Å². The molecular formula is C14H18N2O4. The smallest absolute Gasteiger partial charge is 0.342 e. The molecule has 6 heteroatoms. The molecule has 0 radical (unpaired) electrons. The van der Waals surface area contributed by atoms with E-state index in [1.165, 1.54) is 19.2 Å². The van der Waals surface area contributed by atoms with Crippen LogP contribution in [0.3, 0.4) is 0 Å². The number of anilines is 1. The van der Waals surface area contributed by atoms with E-state index in [9.17, 15) is 9.59 Å². The van der Waals surface area contributed by atoms with Crippen LogP contribution in [-0.4, -0.2) is 31.1 Å². The summed E-state index contributed by atoms with van der Waals surface area (Å²) in [6.45, 7) is 1.54. The van der Waals surface area contributed by atoms with Gasteiger partial charge in [0.25, 0.3) is 5.91 Å². The zero-order valence-corrected chi connectivity index (χ0v) is 11.5. The molecule has 2 rings (SSSR count). The van der Waals surface area contributed by atoms with E-state index in [1.54, 1.807) is 13.0 Å². The summed E-state index contributed by atoms with van der Waals surface area (Å²) in [5.74, 6) is -0.569. The zero-order chi connectivity index (χ0) is 14.7. The quantitative estimate of drug-likeness (QED) is 0.621. The van der Waals surface area contributed by atoms with Gasteiger partial charge in [-0.2, -0.15) is 0 Å². The first-order chi connectivity index (χ1) is 9.51. The number of rotatable bonds is 5. The Balaban J connectivity index is 2.01. The van der Waals surface area contributed by atoms with Gasteiger partial charge in [0.1, 0.15) is 11.3 Å². The van der Waals surface area contributed by atoms with Crippen LogP contribution >= 0.6 is 0 Å². The first kappa shape index (κ1) is 14.2. The SMILES string of the molecule is COc1cc(N)ccc1C(=O)OC(C)C(=O)NC1CC1. The maximum absolute atomic E-state index is 12.0. The summed E-state index contributed by atoms with van der Waals surface area (Å²) in [5.41, 5.74) is 6.35. The molecule has 0 aromatic heterocycles. The standard InChI is InChI=1S/C14H18N2O4/c1-8(13(17)16-10-4-5-10)20-14(18)11-6-3-9(15)7-12(11)19-2/h3,6-8,10H,4-5,15H2,1-2H3,(H,16,17). The molecule has 108 valence electrons.